The van der Waals surface area contributed by atoms with Crippen LogP contribution in [0.4, 0.5) is 0 Å². The van der Waals surface area contributed by atoms with Crippen molar-refractivity contribution in [3.8, 4) is 28.7 Å². The van der Waals surface area contributed by atoms with Crippen molar-refractivity contribution < 1.29 is 33.3 Å². The average molecular weight is 466 g/mol. The lowest BCUT2D eigenvalue weighted by Crippen LogP contribution is -2.54. The molecule has 9 heteroatoms. The summed E-state index contributed by atoms with van der Waals surface area (Å²) in [5.41, 5.74) is 0.776. The predicted molar refractivity (Wildman–Crippen MR) is 123 cm³/mol. The number of piperazine rings is 1. The predicted octanol–water partition coefficient (Wildman–Crippen LogP) is 1.99. The third-order valence-electron chi connectivity index (χ3n) is 5.96. The standard InChI is InChI=1S/C25H26N2O7/c1-30-20-14-17(15-21-24(20)32-13-12-31-21)6-7-23(28)26-8-10-27(11-9-26)25(29)22-16-33-18-4-2-3-5-19(18)34-22/h2-7,14-15,22H,8-13,16H2,1H3/b7-6+. The first kappa shape index (κ1) is 21.9. The Morgan fingerprint density at radius 3 is 2.47 bits per heavy atom. The number of fused-ring (bicyclic) bond motifs is 2. The van der Waals surface area contributed by atoms with Gasteiger partial charge in [0.25, 0.3) is 5.91 Å². The minimum absolute atomic E-state index is 0.118. The zero-order valence-corrected chi connectivity index (χ0v) is 18.9. The molecule has 0 N–H and O–H groups in total. The van der Waals surface area contributed by atoms with E-state index >= 15 is 0 Å². The van der Waals surface area contributed by atoms with E-state index in [4.69, 9.17) is 23.7 Å². The molecule has 34 heavy (non-hydrogen) atoms. The number of hydrogen-bond acceptors (Lipinski definition) is 7. The molecule has 1 atom stereocenters. The summed E-state index contributed by atoms with van der Waals surface area (Å²) in [6, 6.07) is 10.9. The normalized spacial score (nSPS) is 19.1. The molecule has 2 aromatic carbocycles. The summed E-state index contributed by atoms with van der Waals surface area (Å²) in [4.78, 5) is 29.1. The smallest absolute Gasteiger partial charge is 0.267 e. The molecule has 1 unspecified atom stereocenters. The lowest BCUT2D eigenvalue weighted by atomic mass is 10.1. The number of methoxy groups -OCH3 is 1. The van der Waals surface area contributed by atoms with Crippen LogP contribution < -0.4 is 23.7 Å². The van der Waals surface area contributed by atoms with E-state index in [-0.39, 0.29) is 18.4 Å². The van der Waals surface area contributed by atoms with Crippen LogP contribution >= 0.6 is 0 Å². The third kappa shape index (κ3) is 4.46. The monoisotopic (exact) mass is 466 g/mol. The van der Waals surface area contributed by atoms with Crippen molar-refractivity contribution in [1.82, 2.24) is 9.80 Å². The van der Waals surface area contributed by atoms with Gasteiger partial charge in [-0.2, -0.15) is 0 Å². The molecular weight excluding hydrogens is 440 g/mol. The van der Waals surface area contributed by atoms with Crippen molar-refractivity contribution in [2.75, 3.05) is 53.1 Å². The molecule has 0 spiro atoms. The molecule has 0 aliphatic carbocycles. The van der Waals surface area contributed by atoms with Gasteiger partial charge in [-0.1, -0.05) is 12.1 Å². The second-order valence-corrected chi connectivity index (χ2v) is 8.10. The molecule has 0 radical (unpaired) electrons. The number of carbonyl (C=O) groups is 2. The fourth-order valence-electron chi connectivity index (χ4n) is 4.15. The van der Waals surface area contributed by atoms with Gasteiger partial charge >= 0.3 is 0 Å². The van der Waals surface area contributed by atoms with E-state index in [1.54, 1.807) is 35.1 Å². The van der Waals surface area contributed by atoms with E-state index in [1.807, 2.05) is 24.3 Å². The van der Waals surface area contributed by atoms with Gasteiger partial charge in [-0.25, -0.2) is 0 Å². The van der Waals surface area contributed by atoms with Gasteiger partial charge in [0, 0.05) is 32.3 Å². The van der Waals surface area contributed by atoms with Crippen molar-refractivity contribution in [3.63, 3.8) is 0 Å². The minimum Gasteiger partial charge on any atom is -0.493 e. The van der Waals surface area contributed by atoms with Crippen molar-refractivity contribution >= 4 is 17.9 Å². The molecule has 5 rings (SSSR count). The van der Waals surface area contributed by atoms with Crippen LogP contribution in [0.15, 0.2) is 42.5 Å². The molecule has 3 aliphatic heterocycles. The van der Waals surface area contributed by atoms with E-state index in [0.717, 1.165) is 5.56 Å². The highest BCUT2D eigenvalue weighted by Crippen LogP contribution is 2.40. The van der Waals surface area contributed by atoms with E-state index in [0.29, 0.717) is 68.1 Å². The van der Waals surface area contributed by atoms with Crippen LogP contribution in [0.1, 0.15) is 5.56 Å². The van der Waals surface area contributed by atoms with E-state index in [2.05, 4.69) is 0 Å². The van der Waals surface area contributed by atoms with Gasteiger partial charge in [0.15, 0.2) is 23.0 Å². The van der Waals surface area contributed by atoms with E-state index < -0.39 is 6.10 Å². The molecule has 2 aromatic rings. The molecule has 3 aliphatic rings. The van der Waals surface area contributed by atoms with Gasteiger partial charge in [0.1, 0.15) is 19.8 Å². The number of ether oxygens (including phenoxy) is 5. The number of nitrogens with zero attached hydrogens (tertiary/aromatic N) is 2. The lowest BCUT2D eigenvalue weighted by Gasteiger charge is -2.36. The van der Waals surface area contributed by atoms with Crippen molar-refractivity contribution in [2.24, 2.45) is 0 Å². The third-order valence-corrected chi connectivity index (χ3v) is 5.96. The summed E-state index contributed by atoms with van der Waals surface area (Å²) in [5.74, 6) is 2.71. The first-order valence-electron chi connectivity index (χ1n) is 11.2. The van der Waals surface area contributed by atoms with Crippen molar-refractivity contribution in [3.05, 3.63) is 48.0 Å². The Morgan fingerprint density at radius 1 is 0.941 bits per heavy atom. The molecule has 0 saturated carbocycles. The Hall–Kier alpha value is -3.88. The van der Waals surface area contributed by atoms with Crippen LogP contribution in [-0.2, 0) is 9.59 Å². The highest BCUT2D eigenvalue weighted by Gasteiger charge is 2.33. The number of rotatable bonds is 4. The molecule has 9 nitrogen and oxygen atoms in total. The van der Waals surface area contributed by atoms with E-state index in [1.165, 1.54) is 6.08 Å². The number of hydrogen-bond donors (Lipinski definition) is 0. The van der Waals surface area contributed by atoms with Gasteiger partial charge in [-0.15, -0.1) is 0 Å². The Labute approximate surface area is 197 Å². The fraction of sp³-hybridized carbons (Fsp3) is 0.360. The summed E-state index contributed by atoms with van der Waals surface area (Å²) in [5, 5.41) is 0. The van der Waals surface area contributed by atoms with Crippen LogP contribution in [-0.4, -0.2) is 80.8 Å². The van der Waals surface area contributed by atoms with Gasteiger partial charge in [0.2, 0.25) is 17.8 Å². The summed E-state index contributed by atoms with van der Waals surface area (Å²) in [6.45, 7) is 2.90. The zero-order chi connectivity index (χ0) is 23.5. The minimum atomic E-state index is -0.678. The Kier molecular flexibility index (Phi) is 6.16. The second-order valence-electron chi connectivity index (χ2n) is 8.10. The van der Waals surface area contributed by atoms with Crippen molar-refractivity contribution in [2.45, 2.75) is 6.10 Å². The number of para-hydroxylation sites is 2. The molecule has 178 valence electrons. The van der Waals surface area contributed by atoms with Crippen LogP contribution in [0.3, 0.4) is 0 Å². The molecule has 0 aromatic heterocycles. The zero-order valence-electron chi connectivity index (χ0n) is 18.9. The van der Waals surface area contributed by atoms with Gasteiger partial charge in [0.05, 0.1) is 7.11 Å². The quantitative estimate of drug-likeness (QED) is 0.637. The van der Waals surface area contributed by atoms with Gasteiger partial charge in [-0.3, -0.25) is 9.59 Å². The maximum absolute atomic E-state index is 12.9. The van der Waals surface area contributed by atoms with Crippen LogP contribution in [0, 0.1) is 0 Å². The van der Waals surface area contributed by atoms with Crippen LogP contribution in [0.25, 0.3) is 6.08 Å². The highest BCUT2D eigenvalue weighted by atomic mass is 16.6. The molecule has 1 fully saturated rings. The second kappa shape index (κ2) is 9.54. The molecule has 1 saturated heterocycles. The summed E-state index contributed by atoms with van der Waals surface area (Å²) < 4.78 is 28.1. The summed E-state index contributed by atoms with van der Waals surface area (Å²) >= 11 is 0. The van der Waals surface area contributed by atoms with E-state index in [9.17, 15) is 9.59 Å². The fourth-order valence-corrected chi connectivity index (χ4v) is 4.15. The molecule has 2 amide bonds. The molecule has 3 heterocycles. The topological polar surface area (TPSA) is 86.8 Å². The number of benzene rings is 2. The summed E-state index contributed by atoms with van der Waals surface area (Å²) in [6.07, 6.45) is 2.57. The first-order valence-corrected chi connectivity index (χ1v) is 11.2. The average Bonchev–Trinajstić information content (AvgIpc) is 2.90. The Morgan fingerprint density at radius 2 is 1.68 bits per heavy atom. The highest BCUT2D eigenvalue weighted by molar-refractivity contribution is 5.92. The van der Waals surface area contributed by atoms with Crippen LogP contribution in [0.5, 0.6) is 28.7 Å². The van der Waals surface area contributed by atoms with Crippen molar-refractivity contribution in [1.29, 1.82) is 0 Å². The Bertz CT molecular complexity index is 1090. The van der Waals surface area contributed by atoms with Crippen LogP contribution in [0.2, 0.25) is 0 Å². The van der Waals surface area contributed by atoms with Gasteiger partial charge in [-0.05, 0) is 35.9 Å². The maximum atomic E-state index is 12.9. The lowest BCUT2D eigenvalue weighted by molar-refractivity contribution is -0.145. The summed E-state index contributed by atoms with van der Waals surface area (Å²) in [7, 11) is 1.57. The van der Waals surface area contributed by atoms with Gasteiger partial charge < -0.3 is 33.5 Å². The largest absolute Gasteiger partial charge is 0.493 e. The molecule has 0 bridgehead atoms. The maximum Gasteiger partial charge on any atom is 0.267 e. The molecular formula is C25H26N2O7. The first-order chi connectivity index (χ1) is 16.6. The Balaban J connectivity index is 1.16. The SMILES string of the molecule is COc1cc(/C=C/C(=O)N2CCN(C(=O)C3COc4ccccc4O3)CC2)cc2c1OCCO2. The number of carbonyl (C=O) groups excluding carboxylic acids is 2. The number of amides is 2.